The Bertz CT molecular complexity index is 1110. The van der Waals surface area contributed by atoms with Crippen LogP contribution < -0.4 is 0 Å². The Morgan fingerprint density at radius 2 is 0.889 bits per heavy atom. The van der Waals surface area contributed by atoms with Gasteiger partial charge in [0.2, 0.25) is 0 Å². The van der Waals surface area contributed by atoms with Crippen molar-refractivity contribution in [3.8, 4) is 0 Å². The average molecular weight is 401 g/mol. The molecule has 1 heterocycles. The second-order valence-electron chi connectivity index (χ2n) is 6.19. The Labute approximate surface area is 171 Å². The first-order valence-electron chi connectivity index (χ1n) is 8.78. The molecular formula is C24H16S3. The lowest BCUT2D eigenvalue weighted by Crippen LogP contribution is -1.79. The lowest BCUT2D eigenvalue weighted by molar-refractivity contribution is 1.43. The number of hydrogen-bond donors (Lipinski definition) is 0. The van der Waals surface area contributed by atoms with Crippen LogP contribution in [-0.2, 0) is 0 Å². The normalized spacial score (nSPS) is 11.3. The van der Waals surface area contributed by atoms with E-state index in [2.05, 4.69) is 97.1 Å². The van der Waals surface area contributed by atoms with Crippen LogP contribution in [0.15, 0.2) is 117 Å². The summed E-state index contributed by atoms with van der Waals surface area (Å²) in [7, 11) is 0. The van der Waals surface area contributed by atoms with Crippen molar-refractivity contribution in [2.45, 2.75) is 19.6 Å². The standard InChI is InChI=1S/C24H16S3/c1-3-9-17(10-4-1)25-19-13-7-15-21-23(19)24-20(14-8-16-22(24)27-21)26-18-11-5-2-6-12-18/h1-16H. The summed E-state index contributed by atoms with van der Waals surface area (Å²) in [5.74, 6) is 0. The van der Waals surface area contributed by atoms with Crippen LogP contribution in [0.1, 0.15) is 0 Å². The topological polar surface area (TPSA) is 0 Å². The van der Waals surface area contributed by atoms with Crippen molar-refractivity contribution in [1.29, 1.82) is 0 Å². The zero-order valence-electron chi connectivity index (χ0n) is 14.5. The highest BCUT2D eigenvalue weighted by Gasteiger charge is 2.14. The molecule has 1 aromatic heterocycles. The Balaban J connectivity index is 1.70. The fourth-order valence-electron chi connectivity index (χ4n) is 3.20. The van der Waals surface area contributed by atoms with Gasteiger partial charge < -0.3 is 0 Å². The fraction of sp³-hybridized carbons (Fsp3) is 0. The van der Waals surface area contributed by atoms with Crippen molar-refractivity contribution in [1.82, 2.24) is 0 Å². The molecule has 5 rings (SSSR count). The van der Waals surface area contributed by atoms with Crippen LogP contribution in [0.25, 0.3) is 20.2 Å². The third kappa shape index (κ3) is 3.39. The molecular weight excluding hydrogens is 384 g/mol. The zero-order chi connectivity index (χ0) is 18.1. The monoisotopic (exact) mass is 400 g/mol. The lowest BCUT2D eigenvalue weighted by Gasteiger charge is -2.07. The first-order chi connectivity index (χ1) is 13.4. The third-order valence-electron chi connectivity index (χ3n) is 4.39. The Morgan fingerprint density at radius 3 is 1.33 bits per heavy atom. The minimum Gasteiger partial charge on any atom is -0.135 e. The predicted octanol–water partition coefficient (Wildman–Crippen LogP) is 8.36. The molecule has 5 aromatic rings. The molecule has 0 unspecified atom stereocenters. The maximum absolute atomic E-state index is 2.25. The van der Waals surface area contributed by atoms with Gasteiger partial charge >= 0.3 is 0 Å². The first-order valence-corrected chi connectivity index (χ1v) is 11.2. The van der Waals surface area contributed by atoms with Crippen molar-refractivity contribution in [3.05, 3.63) is 97.1 Å². The van der Waals surface area contributed by atoms with E-state index in [0.717, 1.165) is 0 Å². The van der Waals surface area contributed by atoms with Gasteiger partial charge in [-0.15, -0.1) is 11.3 Å². The van der Waals surface area contributed by atoms with Crippen LogP contribution in [0.2, 0.25) is 0 Å². The Kier molecular flexibility index (Phi) is 4.66. The first kappa shape index (κ1) is 16.9. The van der Waals surface area contributed by atoms with Crippen molar-refractivity contribution < 1.29 is 0 Å². The van der Waals surface area contributed by atoms with Crippen molar-refractivity contribution in [2.75, 3.05) is 0 Å². The molecule has 0 bridgehead atoms. The second kappa shape index (κ2) is 7.43. The van der Waals surface area contributed by atoms with E-state index in [1.807, 2.05) is 34.9 Å². The molecule has 0 aliphatic rings. The molecule has 0 amide bonds. The van der Waals surface area contributed by atoms with E-state index < -0.39 is 0 Å². The van der Waals surface area contributed by atoms with Crippen LogP contribution in [0.5, 0.6) is 0 Å². The van der Waals surface area contributed by atoms with Gasteiger partial charge in [0, 0.05) is 39.8 Å². The molecule has 0 spiro atoms. The minimum atomic E-state index is 1.28. The van der Waals surface area contributed by atoms with Gasteiger partial charge in [-0.05, 0) is 48.5 Å². The van der Waals surface area contributed by atoms with Gasteiger partial charge in [0.25, 0.3) is 0 Å². The van der Waals surface area contributed by atoms with E-state index in [4.69, 9.17) is 0 Å². The van der Waals surface area contributed by atoms with Gasteiger partial charge in [0.15, 0.2) is 0 Å². The van der Waals surface area contributed by atoms with Gasteiger partial charge in [0.1, 0.15) is 0 Å². The number of rotatable bonds is 4. The van der Waals surface area contributed by atoms with Crippen LogP contribution in [0.4, 0.5) is 0 Å². The highest BCUT2D eigenvalue weighted by Crippen LogP contribution is 2.46. The van der Waals surface area contributed by atoms with Gasteiger partial charge in [-0.2, -0.15) is 0 Å². The molecule has 0 fully saturated rings. The number of benzene rings is 4. The molecule has 3 heteroatoms. The van der Waals surface area contributed by atoms with Gasteiger partial charge in [0.05, 0.1) is 0 Å². The van der Waals surface area contributed by atoms with Gasteiger partial charge in [-0.25, -0.2) is 0 Å². The zero-order valence-corrected chi connectivity index (χ0v) is 16.9. The third-order valence-corrected chi connectivity index (χ3v) is 7.64. The molecule has 0 atom stereocenters. The average Bonchev–Trinajstić information content (AvgIpc) is 3.10. The molecule has 0 saturated carbocycles. The van der Waals surface area contributed by atoms with Gasteiger partial charge in [-0.1, -0.05) is 72.1 Å². The summed E-state index contributed by atoms with van der Waals surface area (Å²) in [5.41, 5.74) is 0. The highest BCUT2D eigenvalue weighted by atomic mass is 32.2. The number of thiophene rings is 1. The molecule has 0 aliphatic heterocycles. The number of fused-ring (bicyclic) bond motifs is 3. The molecule has 0 aliphatic carbocycles. The summed E-state index contributed by atoms with van der Waals surface area (Å²) in [5, 5.41) is 2.76. The van der Waals surface area contributed by atoms with Crippen LogP contribution in [0.3, 0.4) is 0 Å². The van der Waals surface area contributed by atoms with Crippen molar-refractivity contribution in [3.63, 3.8) is 0 Å². The summed E-state index contributed by atoms with van der Waals surface area (Å²) in [6.45, 7) is 0. The molecule has 0 saturated heterocycles. The summed E-state index contributed by atoms with van der Waals surface area (Å²) in [4.78, 5) is 5.20. The van der Waals surface area contributed by atoms with E-state index in [1.165, 1.54) is 39.8 Å². The van der Waals surface area contributed by atoms with Crippen molar-refractivity contribution >= 4 is 55.0 Å². The van der Waals surface area contributed by atoms with E-state index in [9.17, 15) is 0 Å². The molecule has 0 radical (unpaired) electrons. The summed E-state index contributed by atoms with van der Waals surface area (Å²) < 4.78 is 2.71. The molecule has 130 valence electrons. The smallest absolute Gasteiger partial charge is 0.0367 e. The quantitative estimate of drug-likeness (QED) is 0.297. The summed E-state index contributed by atoms with van der Waals surface area (Å²) >= 11 is 5.58. The summed E-state index contributed by atoms with van der Waals surface area (Å²) in [6, 6.07) is 34.6. The predicted molar refractivity (Wildman–Crippen MR) is 120 cm³/mol. The summed E-state index contributed by atoms with van der Waals surface area (Å²) in [6.07, 6.45) is 0. The van der Waals surface area contributed by atoms with E-state index in [1.54, 1.807) is 0 Å². The molecule has 0 nitrogen and oxygen atoms in total. The molecule has 27 heavy (non-hydrogen) atoms. The number of hydrogen-bond acceptors (Lipinski definition) is 3. The molecule has 4 aromatic carbocycles. The van der Waals surface area contributed by atoms with Gasteiger partial charge in [-0.3, -0.25) is 0 Å². The lowest BCUT2D eigenvalue weighted by atomic mass is 10.1. The molecule has 0 N–H and O–H groups in total. The minimum absolute atomic E-state index is 1.28. The Morgan fingerprint density at radius 1 is 0.444 bits per heavy atom. The van der Waals surface area contributed by atoms with Crippen LogP contribution in [-0.4, -0.2) is 0 Å². The van der Waals surface area contributed by atoms with Crippen LogP contribution >= 0.6 is 34.9 Å². The largest absolute Gasteiger partial charge is 0.135 e. The maximum Gasteiger partial charge on any atom is 0.0367 e. The maximum atomic E-state index is 2.25. The van der Waals surface area contributed by atoms with Crippen molar-refractivity contribution in [2.24, 2.45) is 0 Å². The SMILES string of the molecule is c1ccc(Sc2cccc3sc4cccc(Sc5ccccc5)c4c23)cc1. The van der Waals surface area contributed by atoms with Crippen LogP contribution in [0, 0.1) is 0 Å². The fourth-order valence-corrected chi connectivity index (χ4v) is 6.51. The van der Waals surface area contributed by atoms with E-state index >= 15 is 0 Å². The highest BCUT2D eigenvalue weighted by molar-refractivity contribution is 8.00. The Hall–Kier alpha value is -2.20. The second-order valence-corrected chi connectivity index (χ2v) is 9.51. The van der Waals surface area contributed by atoms with E-state index in [-0.39, 0.29) is 0 Å². The van der Waals surface area contributed by atoms with E-state index in [0.29, 0.717) is 0 Å².